The number of hydrogen-bond acceptors (Lipinski definition) is 2. The first-order valence-electron chi connectivity index (χ1n) is 5.90. The van der Waals surface area contributed by atoms with Crippen LogP contribution < -0.4 is 5.73 Å². The summed E-state index contributed by atoms with van der Waals surface area (Å²) >= 11 is 0. The maximum atomic E-state index is 13.4. The summed E-state index contributed by atoms with van der Waals surface area (Å²) in [6.07, 6.45) is 3.57. The van der Waals surface area contributed by atoms with Gasteiger partial charge in [0.25, 0.3) is 0 Å². The van der Waals surface area contributed by atoms with E-state index in [0.717, 1.165) is 11.1 Å². The first kappa shape index (κ1) is 11.5. The van der Waals surface area contributed by atoms with Crippen LogP contribution in [0.5, 0.6) is 0 Å². The largest absolute Gasteiger partial charge is 0.395 e. The molecule has 0 atom stereocenters. The number of nitrogens with two attached hydrogens (primary N) is 1. The van der Waals surface area contributed by atoms with Crippen molar-refractivity contribution in [3.63, 3.8) is 0 Å². The molecule has 94 valence electrons. The van der Waals surface area contributed by atoms with Crippen LogP contribution >= 0.6 is 0 Å². The molecule has 0 unspecified atom stereocenters. The van der Waals surface area contributed by atoms with Crippen molar-refractivity contribution < 1.29 is 4.39 Å². The zero-order valence-corrected chi connectivity index (χ0v) is 10.1. The maximum absolute atomic E-state index is 13.4. The third-order valence-corrected chi connectivity index (χ3v) is 2.97. The van der Waals surface area contributed by atoms with Crippen LogP contribution in [0.4, 0.5) is 10.1 Å². The molecule has 1 aromatic heterocycles. The van der Waals surface area contributed by atoms with Gasteiger partial charge in [-0.3, -0.25) is 0 Å². The summed E-state index contributed by atoms with van der Waals surface area (Å²) in [7, 11) is 0. The molecule has 0 aliphatic carbocycles. The van der Waals surface area contributed by atoms with Gasteiger partial charge in [0.1, 0.15) is 5.82 Å². The van der Waals surface area contributed by atoms with Gasteiger partial charge in [-0.25, -0.2) is 9.07 Å². The zero-order valence-electron chi connectivity index (χ0n) is 10.1. The van der Waals surface area contributed by atoms with Crippen molar-refractivity contribution in [2.24, 2.45) is 0 Å². The highest BCUT2D eigenvalue weighted by Gasteiger charge is 2.08. The fourth-order valence-electron chi connectivity index (χ4n) is 1.96. The topological polar surface area (TPSA) is 43.8 Å². The minimum absolute atomic E-state index is 0.102. The summed E-state index contributed by atoms with van der Waals surface area (Å²) in [6, 6.07) is 14.6. The summed E-state index contributed by atoms with van der Waals surface area (Å²) in [5, 5.41) is 4.23. The van der Waals surface area contributed by atoms with Gasteiger partial charge in [-0.2, -0.15) is 5.10 Å². The fourth-order valence-corrected chi connectivity index (χ4v) is 1.96. The summed E-state index contributed by atoms with van der Waals surface area (Å²) in [5.74, 6) is -0.436. The molecule has 2 N–H and O–H groups in total. The summed E-state index contributed by atoms with van der Waals surface area (Å²) in [4.78, 5) is 0. The molecule has 0 radical (unpaired) electrons. The van der Waals surface area contributed by atoms with Gasteiger partial charge in [0.15, 0.2) is 0 Å². The molecule has 0 aliphatic heterocycles. The average molecular weight is 253 g/mol. The molecule has 0 bridgehead atoms. The lowest BCUT2D eigenvalue weighted by atomic mass is 10.1. The van der Waals surface area contributed by atoms with E-state index in [4.69, 9.17) is 5.73 Å². The second kappa shape index (κ2) is 4.57. The van der Waals surface area contributed by atoms with Gasteiger partial charge in [-0.05, 0) is 17.7 Å². The minimum Gasteiger partial charge on any atom is -0.395 e. The smallest absolute Gasteiger partial charge is 0.148 e. The van der Waals surface area contributed by atoms with Crippen molar-refractivity contribution in [1.29, 1.82) is 0 Å². The van der Waals surface area contributed by atoms with Crippen LogP contribution in [0.3, 0.4) is 0 Å². The molecule has 2 aromatic carbocycles. The number of nitrogen functional groups attached to an aromatic ring is 1. The van der Waals surface area contributed by atoms with Crippen LogP contribution in [-0.4, -0.2) is 9.78 Å². The van der Waals surface area contributed by atoms with Gasteiger partial charge < -0.3 is 5.73 Å². The normalized spacial score (nSPS) is 10.6. The van der Waals surface area contributed by atoms with Crippen molar-refractivity contribution in [1.82, 2.24) is 9.78 Å². The van der Waals surface area contributed by atoms with Gasteiger partial charge in [0, 0.05) is 11.8 Å². The standard InChI is InChI=1S/C15H12FN3/c16-13-7-4-8-14(15(13)17)19-10-12(9-18-19)11-5-2-1-3-6-11/h1-10H,17H2. The van der Waals surface area contributed by atoms with Crippen molar-refractivity contribution in [3.05, 3.63) is 66.7 Å². The third-order valence-electron chi connectivity index (χ3n) is 2.97. The van der Waals surface area contributed by atoms with Gasteiger partial charge in [-0.15, -0.1) is 0 Å². The number of anilines is 1. The first-order chi connectivity index (χ1) is 9.25. The number of para-hydroxylation sites is 1. The van der Waals surface area contributed by atoms with E-state index in [1.165, 1.54) is 6.07 Å². The molecule has 1 heterocycles. The molecule has 0 spiro atoms. The van der Waals surface area contributed by atoms with E-state index < -0.39 is 5.82 Å². The summed E-state index contributed by atoms with van der Waals surface area (Å²) in [5.41, 5.74) is 8.39. The quantitative estimate of drug-likeness (QED) is 0.712. The van der Waals surface area contributed by atoms with Crippen LogP contribution in [0.2, 0.25) is 0 Å². The molecular weight excluding hydrogens is 241 g/mol. The molecule has 0 saturated heterocycles. The SMILES string of the molecule is Nc1c(F)cccc1-n1cc(-c2ccccc2)cn1. The van der Waals surface area contributed by atoms with E-state index in [1.807, 2.05) is 36.5 Å². The second-order valence-electron chi connectivity index (χ2n) is 4.21. The van der Waals surface area contributed by atoms with E-state index in [1.54, 1.807) is 23.0 Å². The molecular formula is C15H12FN3. The molecule has 3 aromatic rings. The number of halogens is 1. The van der Waals surface area contributed by atoms with Crippen molar-refractivity contribution in [2.45, 2.75) is 0 Å². The lowest BCUT2D eigenvalue weighted by Crippen LogP contribution is -2.01. The molecule has 0 fully saturated rings. The van der Waals surface area contributed by atoms with Crippen LogP contribution in [0.15, 0.2) is 60.9 Å². The number of nitrogens with zero attached hydrogens (tertiary/aromatic N) is 2. The summed E-state index contributed by atoms with van der Waals surface area (Å²) < 4.78 is 15.0. The Morgan fingerprint density at radius 1 is 0.947 bits per heavy atom. The Kier molecular flexibility index (Phi) is 2.76. The summed E-state index contributed by atoms with van der Waals surface area (Å²) in [6.45, 7) is 0. The van der Waals surface area contributed by atoms with E-state index in [-0.39, 0.29) is 5.69 Å². The monoisotopic (exact) mass is 253 g/mol. The highest BCUT2D eigenvalue weighted by atomic mass is 19.1. The number of hydrogen-bond donors (Lipinski definition) is 1. The predicted molar refractivity (Wildman–Crippen MR) is 73.4 cm³/mol. The Morgan fingerprint density at radius 3 is 2.53 bits per heavy atom. The third kappa shape index (κ3) is 2.08. The van der Waals surface area contributed by atoms with Crippen molar-refractivity contribution in [3.8, 4) is 16.8 Å². The average Bonchev–Trinajstić information content (AvgIpc) is 2.92. The van der Waals surface area contributed by atoms with Crippen LogP contribution in [0, 0.1) is 5.82 Å². The van der Waals surface area contributed by atoms with Crippen LogP contribution in [0.1, 0.15) is 0 Å². The second-order valence-corrected chi connectivity index (χ2v) is 4.21. The fraction of sp³-hybridized carbons (Fsp3) is 0. The van der Waals surface area contributed by atoms with Crippen molar-refractivity contribution >= 4 is 5.69 Å². The van der Waals surface area contributed by atoms with E-state index in [0.29, 0.717) is 5.69 Å². The predicted octanol–water partition coefficient (Wildman–Crippen LogP) is 3.26. The molecule has 0 saturated carbocycles. The number of benzene rings is 2. The van der Waals surface area contributed by atoms with E-state index in [2.05, 4.69) is 5.10 Å². The highest BCUT2D eigenvalue weighted by molar-refractivity contribution is 5.64. The highest BCUT2D eigenvalue weighted by Crippen LogP contribution is 2.23. The van der Waals surface area contributed by atoms with Crippen LogP contribution in [-0.2, 0) is 0 Å². The Morgan fingerprint density at radius 2 is 1.74 bits per heavy atom. The lowest BCUT2D eigenvalue weighted by molar-refractivity contribution is 0.630. The molecule has 0 amide bonds. The zero-order chi connectivity index (χ0) is 13.2. The Bertz CT molecular complexity index is 704. The number of rotatable bonds is 2. The van der Waals surface area contributed by atoms with Gasteiger partial charge >= 0.3 is 0 Å². The Balaban J connectivity index is 2.05. The minimum atomic E-state index is -0.436. The lowest BCUT2D eigenvalue weighted by Gasteiger charge is -2.05. The van der Waals surface area contributed by atoms with E-state index >= 15 is 0 Å². The molecule has 0 aliphatic rings. The first-order valence-corrected chi connectivity index (χ1v) is 5.90. The Labute approximate surface area is 110 Å². The molecule has 3 nitrogen and oxygen atoms in total. The maximum Gasteiger partial charge on any atom is 0.148 e. The molecule has 4 heteroatoms. The van der Waals surface area contributed by atoms with E-state index in [9.17, 15) is 4.39 Å². The van der Waals surface area contributed by atoms with Crippen molar-refractivity contribution in [2.75, 3.05) is 5.73 Å². The number of aromatic nitrogens is 2. The van der Waals surface area contributed by atoms with Gasteiger partial charge in [0.2, 0.25) is 0 Å². The van der Waals surface area contributed by atoms with Crippen LogP contribution in [0.25, 0.3) is 16.8 Å². The van der Waals surface area contributed by atoms with Gasteiger partial charge in [-0.1, -0.05) is 36.4 Å². The molecule has 19 heavy (non-hydrogen) atoms. The Hall–Kier alpha value is -2.62. The molecule has 3 rings (SSSR count). The van der Waals surface area contributed by atoms with Gasteiger partial charge in [0.05, 0.1) is 17.6 Å².